The van der Waals surface area contributed by atoms with E-state index in [1.807, 2.05) is 30.3 Å². The van der Waals surface area contributed by atoms with Crippen LogP contribution in [0.15, 0.2) is 38.5 Å². The number of aromatic nitrogens is 1. The molecule has 0 aliphatic heterocycles. The minimum absolute atomic E-state index is 0.0594. The van der Waals surface area contributed by atoms with Crippen molar-refractivity contribution in [3.63, 3.8) is 0 Å². The standard InChI is InChI=1S/C19H18BrN3O2/c1-12-14(10-21)18(24)23(13-6-2-3-7-13)19(25)15(12)11-22-17-9-5-4-8-16(17)20/h4-5,8-9,11,13,25H,2-3,6-7H2,1H3. The van der Waals surface area contributed by atoms with E-state index in [2.05, 4.69) is 20.9 Å². The summed E-state index contributed by atoms with van der Waals surface area (Å²) in [6.07, 6.45) is 5.24. The number of aliphatic imine (C=N–C) groups is 1. The van der Waals surface area contributed by atoms with Gasteiger partial charge in [0.2, 0.25) is 5.88 Å². The number of nitrogens with zero attached hydrogens (tertiary/aromatic N) is 3. The monoisotopic (exact) mass is 399 g/mol. The Labute approximate surface area is 154 Å². The molecular weight excluding hydrogens is 382 g/mol. The summed E-state index contributed by atoms with van der Waals surface area (Å²) in [7, 11) is 0. The molecule has 1 heterocycles. The third-order valence-corrected chi connectivity index (χ3v) is 5.34. The molecule has 0 atom stereocenters. The topological polar surface area (TPSA) is 78.4 Å². The van der Waals surface area contributed by atoms with E-state index in [0.29, 0.717) is 16.8 Å². The third-order valence-electron chi connectivity index (χ3n) is 4.67. The smallest absolute Gasteiger partial charge is 0.271 e. The summed E-state index contributed by atoms with van der Waals surface area (Å²) in [6.45, 7) is 1.67. The van der Waals surface area contributed by atoms with Crippen LogP contribution >= 0.6 is 15.9 Å². The maximum absolute atomic E-state index is 12.6. The highest BCUT2D eigenvalue weighted by molar-refractivity contribution is 9.10. The lowest BCUT2D eigenvalue weighted by atomic mass is 10.0. The van der Waals surface area contributed by atoms with Crippen LogP contribution in [0.25, 0.3) is 0 Å². The number of pyridine rings is 1. The average molecular weight is 400 g/mol. The molecule has 0 amide bonds. The molecule has 5 nitrogen and oxygen atoms in total. The predicted octanol–water partition coefficient (Wildman–Crippen LogP) is 4.36. The molecule has 1 aliphatic rings. The van der Waals surface area contributed by atoms with Crippen molar-refractivity contribution < 1.29 is 5.11 Å². The zero-order valence-corrected chi connectivity index (χ0v) is 15.5. The van der Waals surface area contributed by atoms with Crippen molar-refractivity contribution in [1.82, 2.24) is 4.57 Å². The second kappa shape index (κ2) is 7.24. The number of para-hydroxylation sites is 1. The van der Waals surface area contributed by atoms with Gasteiger partial charge in [0.05, 0.1) is 11.3 Å². The third kappa shape index (κ3) is 3.24. The summed E-state index contributed by atoms with van der Waals surface area (Å²) in [5, 5.41) is 20.1. The van der Waals surface area contributed by atoms with Crippen molar-refractivity contribution in [2.24, 2.45) is 4.99 Å². The van der Waals surface area contributed by atoms with Gasteiger partial charge in [-0.1, -0.05) is 25.0 Å². The molecular formula is C19H18BrN3O2. The minimum atomic E-state index is -0.414. The van der Waals surface area contributed by atoms with Gasteiger partial charge in [0.25, 0.3) is 5.56 Å². The summed E-state index contributed by atoms with van der Waals surface area (Å²) in [4.78, 5) is 17.1. The molecule has 0 spiro atoms. The SMILES string of the molecule is Cc1c(C=Nc2ccccc2Br)c(O)n(C2CCCC2)c(=O)c1C#N. The average Bonchev–Trinajstić information content (AvgIpc) is 3.11. The molecule has 1 aromatic carbocycles. The van der Waals surface area contributed by atoms with Crippen LogP contribution in [0.5, 0.6) is 5.88 Å². The Morgan fingerprint density at radius 1 is 1.36 bits per heavy atom. The Hall–Kier alpha value is -2.39. The van der Waals surface area contributed by atoms with Gasteiger partial charge >= 0.3 is 0 Å². The molecule has 0 unspecified atom stereocenters. The number of benzene rings is 1. The van der Waals surface area contributed by atoms with Crippen molar-refractivity contribution in [2.75, 3.05) is 0 Å². The van der Waals surface area contributed by atoms with Gasteiger partial charge in [-0.05, 0) is 53.4 Å². The Bertz CT molecular complexity index is 935. The van der Waals surface area contributed by atoms with Gasteiger partial charge in [0, 0.05) is 16.7 Å². The zero-order chi connectivity index (χ0) is 18.0. The van der Waals surface area contributed by atoms with Gasteiger partial charge in [-0.3, -0.25) is 14.4 Å². The van der Waals surface area contributed by atoms with Crippen LogP contribution in [0, 0.1) is 18.3 Å². The first-order chi connectivity index (χ1) is 12.0. The lowest BCUT2D eigenvalue weighted by Crippen LogP contribution is -2.28. The Kier molecular flexibility index (Phi) is 5.05. The van der Waals surface area contributed by atoms with Crippen LogP contribution in [0.3, 0.4) is 0 Å². The Morgan fingerprint density at radius 2 is 2.04 bits per heavy atom. The van der Waals surface area contributed by atoms with Crippen LogP contribution < -0.4 is 5.56 Å². The van der Waals surface area contributed by atoms with Crippen LogP contribution in [0.2, 0.25) is 0 Å². The summed E-state index contributed by atoms with van der Waals surface area (Å²) in [6, 6.07) is 9.40. The van der Waals surface area contributed by atoms with Crippen LogP contribution in [-0.4, -0.2) is 15.9 Å². The number of halogens is 1. The molecule has 1 saturated carbocycles. The van der Waals surface area contributed by atoms with Crippen LogP contribution in [0.1, 0.15) is 48.4 Å². The zero-order valence-electron chi connectivity index (χ0n) is 13.9. The molecule has 1 fully saturated rings. The van der Waals surface area contributed by atoms with Gasteiger partial charge in [-0.2, -0.15) is 5.26 Å². The Morgan fingerprint density at radius 3 is 2.68 bits per heavy atom. The van der Waals surface area contributed by atoms with Crippen molar-refractivity contribution in [3.8, 4) is 11.9 Å². The van der Waals surface area contributed by atoms with E-state index in [1.54, 1.807) is 6.92 Å². The molecule has 1 aromatic heterocycles. The number of aromatic hydroxyl groups is 1. The largest absolute Gasteiger partial charge is 0.494 e. The van der Waals surface area contributed by atoms with E-state index in [9.17, 15) is 15.2 Å². The lowest BCUT2D eigenvalue weighted by Gasteiger charge is -2.19. The van der Waals surface area contributed by atoms with E-state index < -0.39 is 5.56 Å². The number of hydrogen-bond acceptors (Lipinski definition) is 4. The summed E-state index contributed by atoms with van der Waals surface area (Å²) >= 11 is 3.43. The Balaban J connectivity index is 2.16. The maximum atomic E-state index is 12.6. The van der Waals surface area contributed by atoms with Crippen LogP contribution in [-0.2, 0) is 0 Å². The number of nitriles is 1. The van der Waals surface area contributed by atoms with Gasteiger partial charge in [0.15, 0.2) is 0 Å². The minimum Gasteiger partial charge on any atom is -0.494 e. The number of rotatable bonds is 3. The molecule has 0 bridgehead atoms. The second-order valence-corrected chi connectivity index (χ2v) is 7.03. The molecule has 2 aromatic rings. The van der Waals surface area contributed by atoms with Gasteiger partial charge in [0.1, 0.15) is 11.6 Å². The quantitative estimate of drug-likeness (QED) is 0.778. The first-order valence-electron chi connectivity index (χ1n) is 8.21. The summed E-state index contributed by atoms with van der Waals surface area (Å²) in [5.41, 5.74) is 1.23. The van der Waals surface area contributed by atoms with Crippen molar-refractivity contribution in [2.45, 2.75) is 38.6 Å². The highest BCUT2D eigenvalue weighted by Crippen LogP contribution is 2.33. The summed E-state index contributed by atoms with van der Waals surface area (Å²) in [5.74, 6) is -0.107. The highest BCUT2D eigenvalue weighted by atomic mass is 79.9. The van der Waals surface area contributed by atoms with Gasteiger partial charge < -0.3 is 5.11 Å². The fourth-order valence-corrected chi connectivity index (χ4v) is 3.67. The first kappa shape index (κ1) is 17.4. The van der Waals surface area contributed by atoms with E-state index in [0.717, 1.165) is 30.2 Å². The van der Waals surface area contributed by atoms with Gasteiger partial charge in [-0.15, -0.1) is 0 Å². The van der Waals surface area contributed by atoms with Crippen LogP contribution in [0.4, 0.5) is 5.69 Å². The fourth-order valence-electron chi connectivity index (χ4n) is 3.29. The summed E-state index contributed by atoms with van der Waals surface area (Å²) < 4.78 is 2.20. The predicted molar refractivity (Wildman–Crippen MR) is 101 cm³/mol. The maximum Gasteiger partial charge on any atom is 0.271 e. The molecule has 0 saturated heterocycles. The molecule has 3 rings (SSSR count). The van der Waals surface area contributed by atoms with Crippen molar-refractivity contribution in [1.29, 1.82) is 5.26 Å². The van der Waals surface area contributed by atoms with E-state index in [1.165, 1.54) is 10.8 Å². The first-order valence-corrected chi connectivity index (χ1v) is 9.00. The fraction of sp³-hybridized carbons (Fsp3) is 0.316. The van der Waals surface area contributed by atoms with E-state index >= 15 is 0 Å². The highest BCUT2D eigenvalue weighted by Gasteiger charge is 2.25. The normalized spacial score (nSPS) is 14.9. The second-order valence-electron chi connectivity index (χ2n) is 6.17. The van der Waals surface area contributed by atoms with E-state index in [4.69, 9.17) is 0 Å². The van der Waals surface area contributed by atoms with Crippen molar-refractivity contribution in [3.05, 3.63) is 55.8 Å². The van der Waals surface area contributed by atoms with Gasteiger partial charge in [-0.25, -0.2) is 0 Å². The molecule has 25 heavy (non-hydrogen) atoms. The molecule has 1 aliphatic carbocycles. The molecule has 6 heteroatoms. The molecule has 1 N–H and O–H groups in total. The molecule has 0 radical (unpaired) electrons. The number of hydrogen-bond donors (Lipinski definition) is 1. The lowest BCUT2D eigenvalue weighted by molar-refractivity contribution is 0.368. The van der Waals surface area contributed by atoms with E-state index in [-0.39, 0.29) is 17.5 Å². The molecule has 128 valence electrons. The van der Waals surface area contributed by atoms with Crippen molar-refractivity contribution >= 4 is 27.8 Å².